The summed E-state index contributed by atoms with van der Waals surface area (Å²) in [6.45, 7) is 1.51. The lowest BCUT2D eigenvalue weighted by molar-refractivity contribution is 0.0997. The molecule has 0 saturated heterocycles. The molecule has 0 fully saturated rings. The number of Topliss-reactive ketones (excluding diaryl/α,β-unsaturated/α-hetero) is 1. The highest BCUT2D eigenvalue weighted by Crippen LogP contribution is 2.34. The molecule has 0 atom stereocenters. The fourth-order valence-corrected chi connectivity index (χ4v) is 3.90. The molecule has 0 saturated carbocycles. The molecule has 7 heteroatoms. The van der Waals surface area contributed by atoms with Gasteiger partial charge in [-0.1, -0.05) is 24.3 Å². The molecule has 0 unspecified atom stereocenters. The van der Waals surface area contributed by atoms with Crippen molar-refractivity contribution in [3.63, 3.8) is 0 Å². The topological polar surface area (TPSA) is 68.5 Å². The van der Waals surface area contributed by atoms with Crippen LogP contribution in [-0.4, -0.2) is 25.2 Å². The van der Waals surface area contributed by atoms with Crippen molar-refractivity contribution in [2.75, 3.05) is 19.0 Å². The van der Waals surface area contributed by atoms with Gasteiger partial charge in [-0.15, -0.1) is 0 Å². The first-order chi connectivity index (χ1) is 15.4. The molecule has 4 aromatic rings. The van der Waals surface area contributed by atoms with Gasteiger partial charge in [0.15, 0.2) is 11.5 Å². The Bertz CT molecular complexity index is 1350. The van der Waals surface area contributed by atoms with Crippen LogP contribution in [0.25, 0.3) is 11.0 Å². The highest BCUT2D eigenvalue weighted by Gasteiger charge is 2.23. The molecule has 0 spiro atoms. The van der Waals surface area contributed by atoms with Gasteiger partial charge in [0.1, 0.15) is 17.1 Å². The van der Waals surface area contributed by atoms with Gasteiger partial charge >= 0.3 is 0 Å². The number of benzene rings is 3. The van der Waals surface area contributed by atoms with Crippen LogP contribution in [0.1, 0.15) is 32.0 Å². The summed E-state index contributed by atoms with van der Waals surface area (Å²) in [6, 6.07) is 16.5. The summed E-state index contributed by atoms with van der Waals surface area (Å²) in [5.74, 6) is -0.405. The van der Waals surface area contributed by atoms with E-state index in [4.69, 9.17) is 9.15 Å². The summed E-state index contributed by atoms with van der Waals surface area (Å²) < 4.78 is 25.6. The van der Waals surface area contributed by atoms with E-state index in [0.29, 0.717) is 38.0 Å². The molecular weight excluding hydrogens is 477 g/mol. The van der Waals surface area contributed by atoms with Crippen LogP contribution in [0, 0.1) is 12.7 Å². The number of methoxy groups -OCH3 is 1. The van der Waals surface area contributed by atoms with Crippen LogP contribution in [0.4, 0.5) is 10.1 Å². The molecule has 0 aliphatic heterocycles. The van der Waals surface area contributed by atoms with Gasteiger partial charge in [-0.25, -0.2) is 4.39 Å². The molecule has 32 heavy (non-hydrogen) atoms. The molecule has 3 aromatic carbocycles. The monoisotopic (exact) mass is 495 g/mol. The molecule has 0 aliphatic carbocycles. The number of fused-ring (bicyclic) bond motifs is 1. The Hall–Kier alpha value is -3.45. The first-order valence-electron chi connectivity index (χ1n) is 9.82. The second-order valence-electron chi connectivity index (χ2n) is 7.22. The Labute approximate surface area is 192 Å². The quantitative estimate of drug-likeness (QED) is 0.310. The number of ketones is 2. The van der Waals surface area contributed by atoms with Crippen molar-refractivity contribution in [3.8, 4) is 5.75 Å². The molecule has 1 heterocycles. The zero-order valence-electron chi connectivity index (χ0n) is 17.4. The number of anilines is 1. The largest absolute Gasteiger partial charge is 0.496 e. The van der Waals surface area contributed by atoms with Gasteiger partial charge in [0.05, 0.1) is 23.8 Å². The molecule has 162 valence electrons. The number of para-hydroxylation sites is 1. The van der Waals surface area contributed by atoms with E-state index in [1.54, 1.807) is 62.6 Å². The Balaban J connectivity index is 1.67. The number of carbonyl (C=O) groups excluding carboxylic acids is 2. The Morgan fingerprint density at radius 2 is 1.81 bits per heavy atom. The molecular formula is C25H19BrFNO4. The standard InChI is InChI=1S/C25H19BrFNO4/c1-14-7-8-15(12-19(14)27)20(29)13-28-23-17-5-3-4-6-21(17)32-25(23)24(30)16-9-10-22(31-2)18(26)11-16/h3-12,28H,13H2,1-2H3. The number of hydrogen-bond acceptors (Lipinski definition) is 5. The van der Waals surface area contributed by atoms with Crippen molar-refractivity contribution < 1.29 is 23.1 Å². The van der Waals surface area contributed by atoms with E-state index in [1.165, 1.54) is 6.07 Å². The number of nitrogens with one attached hydrogen (secondary N) is 1. The zero-order valence-corrected chi connectivity index (χ0v) is 19.0. The first kappa shape index (κ1) is 21.8. The molecule has 0 bridgehead atoms. The fraction of sp³-hybridized carbons (Fsp3) is 0.120. The van der Waals surface area contributed by atoms with Crippen molar-refractivity contribution >= 4 is 44.2 Å². The van der Waals surface area contributed by atoms with E-state index in [2.05, 4.69) is 21.2 Å². The fourth-order valence-electron chi connectivity index (χ4n) is 3.36. The maximum atomic E-state index is 13.9. The maximum Gasteiger partial charge on any atom is 0.230 e. The zero-order chi connectivity index (χ0) is 22.8. The third-order valence-corrected chi connectivity index (χ3v) is 5.75. The summed E-state index contributed by atoms with van der Waals surface area (Å²) in [7, 11) is 1.54. The maximum absolute atomic E-state index is 13.9. The lowest BCUT2D eigenvalue weighted by Crippen LogP contribution is -2.16. The molecule has 5 nitrogen and oxygen atoms in total. The predicted octanol–water partition coefficient (Wildman–Crippen LogP) is 6.18. The number of rotatable bonds is 7. The second-order valence-corrected chi connectivity index (χ2v) is 8.08. The van der Waals surface area contributed by atoms with Crippen LogP contribution in [-0.2, 0) is 0 Å². The first-order valence-corrected chi connectivity index (χ1v) is 10.6. The average Bonchev–Trinajstić information content (AvgIpc) is 3.17. The van der Waals surface area contributed by atoms with E-state index >= 15 is 0 Å². The number of furan rings is 1. The minimum Gasteiger partial charge on any atom is -0.496 e. The molecule has 4 rings (SSSR count). The Kier molecular flexibility index (Phi) is 6.10. The normalized spacial score (nSPS) is 10.9. The van der Waals surface area contributed by atoms with E-state index in [1.807, 2.05) is 6.07 Å². The van der Waals surface area contributed by atoms with E-state index in [0.717, 1.165) is 0 Å². The highest BCUT2D eigenvalue weighted by molar-refractivity contribution is 9.10. The van der Waals surface area contributed by atoms with Crippen LogP contribution in [0.5, 0.6) is 5.75 Å². The van der Waals surface area contributed by atoms with Gasteiger partial charge in [0.25, 0.3) is 0 Å². The van der Waals surface area contributed by atoms with E-state index in [-0.39, 0.29) is 29.4 Å². The van der Waals surface area contributed by atoms with Crippen LogP contribution in [0.2, 0.25) is 0 Å². The SMILES string of the molecule is COc1ccc(C(=O)c2oc3ccccc3c2NCC(=O)c2ccc(C)c(F)c2)cc1Br. The van der Waals surface area contributed by atoms with Crippen molar-refractivity contribution in [1.29, 1.82) is 0 Å². The van der Waals surface area contributed by atoms with E-state index < -0.39 is 5.82 Å². The van der Waals surface area contributed by atoms with Crippen LogP contribution >= 0.6 is 15.9 Å². The van der Waals surface area contributed by atoms with Gasteiger partial charge in [-0.2, -0.15) is 0 Å². The number of hydrogen-bond donors (Lipinski definition) is 1. The van der Waals surface area contributed by atoms with Gasteiger partial charge in [-0.05, 0) is 64.8 Å². The van der Waals surface area contributed by atoms with Gasteiger partial charge in [0, 0.05) is 16.5 Å². The van der Waals surface area contributed by atoms with Crippen LogP contribution < -0.4 is 10.1 Å². The predicted molar refractivity (Wildman–Crippen MR) is 124 cm³/mol. The van der Waals surface area contributed by atoms with Crippen molar-refractivity contribution in [1.82, 2.24) is 0 Å². The molecule has 0 aliphatic rings. The van der Waals surface area contributed by atoms with Crippen molar-refractivity contribution in [2.24, 2.45) is 0 Å². The number of aryl methyl sites for hydroxylation is 1. The van der Waals surface area contributed by atoms with Crippen molar-refractivity contribution in [2.45, 2.75) is 6.92 Å². The molecule has 1 N–H and O–H groups in total. The molecule has 0 radical (unpaired) electrons. The lowest BCUT2D eigenvalue weighted by Gasteiger charge is -2.08. The number of halogens is 2. The number of ether oxygens (including phenoxy) is 1. The van der Waals surface area contributed by atoms with Crippen LogP contribution in [0.15, 0.2) is 69.6 Å². The Morgan fingerprint density at radius 1 is 1.06 bits per heavy atom. The molecule has 0 amide bonds. The smallest absolute Gasteiger partial charge is 0.230 e. The van der Waals surface area contributed by atoms with E-state index in [9.17, 15) is 14.0 Å². The summed E-state index contributed by atoms with van der Waals surface area (Å²) >= 11 is 3.39. The Morgan fingerprint density at radius 3 is 2.53 bits per heavy atom. The minimum absolute atomic E-state index is 0.0890. The van der Waals surface area contributed by atoms with Gasteiger partial charge < -0.3 is 14.5 Å². The van der Waals surface area contributed by atoms with Crippen molar-refractivity contribution in [3.05, 3.63) is 93.4 Å². The second kappa shape index (κ2) is 8.96. The summed E-state index contributed by atoms with van der Waals surface area (Å²) in [4.78, 5) is 25.9. The third kappa shape index (κ3) is 4.16. The lowest BCUT2D eigenvalue weighted by atomic mass is 10.1. The van der Waals surface area contributed by atoms with Gasteiger partial charge in [-0.3, -0.25) is 9.59 Å². The summed E-state index contributed by atoms with van der Waals surface area (Å²) in [6.07, 6.45) is 0. The average molecular weight is 496 g/mol. The summed E-state index contributed by atoms with van der Waals surface area (Å²) in [5, 5.41) is 3.71. The number of carbonyl (C=O) groups is 2. The van der Waals surface area contributed by atoms with Crippen LogP contribution in [0.3, 0.4) is 0 Å². The third-order valence-electron chi connectivity index (χ3n) is 5.14. The van der Waals surface area contributed by atoms with Gasteiger partial charge in [0.2, 0.25) is 5.78 Å². The summed E-state index contributed by atoms with van der Waals surface area (Å²) in [5.41, 5.74) is 2.04. The minimum atomic E-state index is -0.439. The highest BCUT2D eigenvalue weighted by atomic mass is 79.9. The molecule has 1 aromatic heterocycles.